The zero-order valence-corrected chi connectivity index (χ0v) is 15.5. The van der Waals surface area contributed by atoms with Crippen LogP contribution in [0.4, 0.5) is 0 Å². The first-order valence-electron chi connectivity index (χ1n) is 8.95. The van der Waals surface area contributed by atoms with Gasteiger partial charge in [-0.05, 0) is 44.2 Å². The minimum atomic E-state index is -0.573. The lowest BCUT2D eigenvalue weighted by Gasteiger charge is -2.28. The van der Waals surface area contributed by atoms with Crippen LogP contribution in [0, 0.1) is 0 Å². The maximum atomic E-state index is 12.7. The van der Waals surface area contributed by atoms with Gasteiger partial charge in [-0.1, -0.05) is 66.7 Å². The number of benzene rings is 3. The zero-order valence-electron chi connectivity index (χ0n) is 15.5. The van der Waals surface area contributed by atoms with Gasteiger partial charge in [0.15, 0.2) is 6.10 Å². The number of nitrogens with one attached hydrogen (secondary N) is 1. The fraction of sp³-hybridized carbons (Fsp3) is 0.261. The van der Waals surface area contributed by atoms with Crippen molar-refractivity contribution in [2.24, 2.45) is 0 Å². The van der Waals surface area contributed by atoms with Crippen molar-refractivity contribution in [2.45, 2.75) is 38.8 Å². The van der Waals surface area contributed by atoms with Gasteiger partial charge in [0.25, 0.3) is 5.91 Å². The second kappa shape index (κ2) is 7.61. The average Bonchev–Trinajstić information content (AvgIpc) is 2.62. The minimum absolute atomic E-state index is 0.112. The summed E-state index contributed by atoms with van der Waals surface area (Å²) in [5, 5.41) is 5.22. The first-order valence-corrected chi connectivity index (χ1v) is 8.95. The molecule has 1 amide bonds. The smallest absolute Gasteiger partial charge is 0.261 e. The predicted octanol–water partition coefficient (Wildman–Crippen LogP) is 4.74. The first kappa shape index (κ1) is 18.0. The van der Waals surface area contributed by atoms with E-state index in [4.69, 9.17) is 4.74 Å². The molecule has 0 heterocycles. The van der Waals surface area contributed by atoms with Gasteiger partial charge in [0.2, 0.25) is 0 Å². The van der Waals surface area contributed by atoms with Gasteiger partial charge in [-0.15, -0.1) is 0 Å². The number of rotatable bonds is 6. The Bertz CT molecular complexity index is 882. The molecule has 0 aliphatic heterocycles. The summed E-state index contributed by atoms with van der Waals surface area (Å²) in [6, 6.07) is 24.1. The van der Waals surface area contributed by atoms with Crippen molar-refractivity contribution in [3.63, 3.8) is 0 Å². The third kappa shape index (κ3) is 4.42. The SMILES string of the molecule is C[C@@H](Oc1cccc2ccccc12)C(=O)NC(C)(C)Cc1ccccc1. The Kier molecular flexibility index (Phi) is 5.27. The molecule has 0 unspecified atom stereocenters. The van der Waals surface area contributed by atoms with Crippen LogP contribution >= 0.6 is 0 Å². The maximum Gasteiger partial charge on any atom is 0.261 e. The molecule has 0 saturated heterocycles. The number of carbonyl (C=O) groups is 1. The molecule has 3 rings (SSSR count). The number of ether oxygens (including phenoxy) is 1. The average molecular weight is 347 g/mol. The molecule has 3 nitrogen and oxygen atoms in total. The second-order valence-electron chi connectivity index (χ2n) is 7.27. The zero-order chi connectivity index (χ0) is 18.6. The van der Waals surface area contributed by atoms with E-state index in [1.54, 1.807) is 6.92 Å². The molecule has 0 fully saturated rings. The number of fused-ring (bicyclic) bond motifs is 1. The number of hydrogen-bond donors (Lipinski definition) is 1. The van der Waals surface area contributed by atoms with E-state index in [0.29, 0.717) is 0 Å². The molecule has 3 heteroatoms. The summed E-state index contributed by atoms with van der Waals surface area (Å²) in [6.45, 7) is 5.85. The van der Waals surface area contributed by atoms with Crippen LogP contribution in [-0.4, -0.2) is 17.6 Å². The van der Waals surface area contributed by atoms with Crippen molar-refractivity contribution in [3.05, 3.63) is 78.4 Å². The maximum absolute atomic E-state index is 12.7. The second-order valence-corrected chi connectivity index (χ2v) is 7.27. The van der Waals surface area contributed by atoms with Crippen molar-refractivity contribution in [2.75, 3.05) is 0 Å². The summed E-state index contributed by atoms with van der Waals surface area (Å²) in [5.74, 6) is 0.616. The Balaban J connectivity index is 1.67. The van der Waals surface area contributed by atoms with E-state index in [0.717, 1.165) is 22.9 Å². The molecule has 0 aliphatic rings. The molecule has 0 radical (unpaired) electrons. The van der Waals surface area contributed by atoms with Crippen LogP contribution in [0.25, 0.3) is 10.8 Å². The Labute approximate surface area is 155 Å². The molecule has 1 atom stereocenters. The van der Waals surface area contributed by atoms with E-state index in [1.807, 2.05) is 74.5 Å². The highest BCUT2D eigenvalue weighted by Gasteiger charge is 2.25. The quantitative estimate of drug-likeness (QED) is 0.699. The molecular formula is C23H25NO2. The highest BCUT2D eigenvalue weighted by molar-refractivity contribution is 5.89. The predicted molar refractivity (Wildman–Crippen MR) is 106 cm³/mol. The van der Waals surface area contributed by atoms with Crippen LogP contribution < -0.4 is 10.1 Å². The summed E-state index contributed by atoms with van der Waals surface area (Å²) in [4.78, 5) is 12.7. The van der Waals surface area contributed by atoms with E-state index in [1.165, 1.54) is 5.56 Å². The van der Waals surface area contributed by atoms with Crippen molar-refractivity contribution in [1.29, 1.82) is 0 Å². The monoisotopic (exact) mass is 347 g/mol. The number of hydrogen-bond acceptors (Lipinski definition) is 2. The Morgan fingerprint density at radius 1 is 0.962 bits per heavy atom. The highest BCUT2D eigenvalue weighted by atomic mass is 16.5. The van der Waals surface area contributed by atoms with Crippen LogP contribution in [0.5, 0.6) is 5.75 Å². The molecule has 3 aromatic rings. The molecule has 26 heavy (non-hydrogen) atoms. The molecule has 134 valence electrons. The van der Waals surface area contributed by atoms with Crippen LogP contribution in [0.1, 0.15) is 26.3 Å². The Morgan fingerprint density at radius 3 is 2.38 bits per heavy atom. The summed E-state index contributed by atoms with van der Waals surface area (Å²) in [5.41, 5.74) is 0.842. The molecule has 0 spiro atoms. The summed E-state index contributed by atoms with van der Waals surface area (Å²) in [7, 11) is 0. The standard InChI is InChI=1S/C23H25NO2/c1-17(26-21-15-9-13-19-12-7-8-14-20(19)21)22(25)24-23(2,3)16-18-10-5-4-6-11-18/h4-15,17H,16H2,1-3H3,(H,24,25)/t17-/m1/s1. The van der Waals surface area contributed by atoms with Crippen LogP contribution in [0.3, 0.4) is 0 Å². The largest absolute Gasteiger partial charge is 0.480 e. The Hall–Kier alpha value is -2.81. The number of carbonyl (C=O) groups excluding carboxylic acids is 1. The lowest BCUT2D eigenvalue weighted by molar-refractivity contribution is -0.128. The summed E-state index contributed by atoms with van der Waals surface area (Å²) in [6.07, 6.45) is 0.191. The third-order valence-corrected chi connectivity index (χ3v) is 4.37. The lowest BCUT2D eigenvalue weighted by Crippen LogP contribution is -2.49. The third-order valence-electron chi connectivity index (χ3n) is 4.37. The number of amides is 1. The van der Waals surface area contributed by atoms with E-state index >= 15 is 0 Å². The normalized spacial score (nSPS) is 12.6. The molecule has 0 aliphatic carbocycles. The molecular weight excluding hydrogens is 322 g/mol. The van der Waals surface area contributed by atoms with Crippen molar-refractivity contribution in [3.8, 4) is 5.75 Å². The van der Waals surface area contributed by atoms with Gasteiger partial charge in [-0.3, -0.25) is 4.79 Å². The first-order chi connectivity index (χ1) is 12.4. The van der Waals surface area contributed by atoms with E-state index in [2.05, 4.69) is 17.4 Å². The van der Waals surface area contributed by atoms with Crippen LogP contribution in [0.15, 0.2) is 72.8 Å². The van der Waals surface area contributed by atoms with Gasteiger partial charge < -0.3 is 10.1 Å². The Morgan fingerprint density at radius 2 is 1.62 bits per heavy atom. The van der Waals surface area contributed by atoms with E-state index < -0.39 is 6.10 Å². The molecule has 0 bridgehead atoms. The van der Waals surface area contributed by atoms with Gasteiger partial charge in [-0.2, -0.15) is 0 Å². The van der Waals surface area contributed by atoms with E-state index in [-0.39, 0.29) is 11.4 Å². The molecule has 3 aromatic carbocycles. The van der Waals surface area contributed by atoms with Crippen LogP contribution in [0.2, 0.25) is 0 Å². The van der Waals surface area contributed by atoms with Gasteiger partial charge >= 0.3 is 0 Å². The molecule has 1 N–H and O–H groups in total. The topological polar surface area (TPSA) is 38.3 Å². The van der Waals surface area contributed by atoms with Gasteiger partial charge in [0, 0.05) is 10.9 Å². The fourth-order valence-corrected chi connectivity index (χ4v) is 3.13. The van der Waals surface area contributed by atoms with Crippen molar-refractivity contribution >= 4 is 16.7 Å². The minimum Gasteiger partial charge on any atom is -0.480 e. The van der Waals surface area contributed by atoms with Gasteiger partial charge in [0.05, 0.1) is 0 Å². The lowest BCUT2D eigenvalue weighted by atomic mass is 9.94. The van der Waals surface area contributed by atoms with Gasteiger partial charge in [0.1, 0.15) is 5.75 Å². The van der Waals surface area contributed by atoms with Crippen LogP contribution in [-0.2, 0) is 11.2 Å². The summed E-state index contributed by atoms with van der Waals surface area (Å²) < 4.78 is 5.97. The van der Waals surface area contributed by atoms with Crippen molar-refractivity contribution in [1.82, 2.24) is 5.32 Å². The molecule has 0 aromatic heterocycles. The van der Waals surface area contributed by atoms with Gasteiger partial charge in [-0.25, -0.2) is 0 Å². The van der Waals surface area contributed by atoms with E-state index in [9.17, 15) is 4.79 Å². The van der Waals surface area contributed by atoms with Crippen molar-refractivity contribution < 1.29 is 9.53 Å². The fourth-order valence-electron chi connectivity index (χ4n) is 3.13. The summed E-state index contributed by atoms with van der Waals surface area (Å²) >= 11 is 0. The highest BCUT2D eigenvalue weighted by Crippen LogP contribution is 2.26. The molecule has 0 saturated carbocycles.